The van der Waals surface area contributed by atoms with Crippen molar-refractivity contribution in [1.82, 2.24) is 0 Å². The Morgan fingerprint density at radius 3 is 2.59 bits per heavy atom. The van der Waals surface area contributed by atoms with Gasteiger partial charge in [-0.25, -0.2) is 0 Å². The third-order valence-electron chi connectivity index (χ3n) is 2.86. The molecular formula is C15H14O2. The van der Waals surface area contributed by atoms with Gasteiger partial charge in [0.25, 0.3) is 0 Å². The average Bonchev–Trinajstić information content (AvgIpc) is 2.35. The van der Waals surface area contributed by atoms with Crippen molar-refractivity contribution in [1.29, 1.82) is 0 Å². The van der Waals surface area contributed by atoms with Gasteiger partial charge >= 0.3 is 0 Å². The lowest BCUT2D eigenvalue weighted by molar-refractivity contribution is -0.117. The summed E-state index contributed by atoms with van der Waals surface area (Å²) < 4.78 is 5.70. The Bertz CT molecular complexity index is 523. The molecule has 0 radical (unpaired) electrons. The second-order valence-electron chi connectivity index (χ2n) is 3.91. The quantitative estimate of drug-likeness (QED) is 0.789. The highest BCUT2D eigenvalue weighted by atomic mass is 16.5. The number of hydrogen-bond acceptors (Lipinski definition) is 2. The van der Waals surface area contributed by atoms with Gasteiger partial charge in [0.1, 0.15) is 17.3 Å². The molecule has 0 N–H and O–H groups in total. The first kappa shape index (κ1) is 11.4. The van der Waals surface area contributed by atoms with E-state index in [9.17, 15) is 4.79 Å². The van der Waals surface area contributed by atoms with Crippen LogP contribution in [0.25, 0.3) is 0 Å². The summed E-state index contributed by atoms with van der Waals surface area (Å²) in [6, 6.07) is 7.55. The molecular weight excluding hydrogens is 212 g/mol. The van der Waals surface area contributed by atoms with Gasteiger partial charge in [0.15, 0.2) is 0 Å². The van der Waals surface area contributed by atoms with Crippen LogP contribution in [0.15, 0.2) is 60.9 Å². The third-order valence-corrected chi connectivity index (χ3v) is 2.86. The number of allylic oxidation sites excluding steroid dienone is 3. The highest BCUT2D eigenvalue weighted by Crippen LogP contribution is 2.40. The van der Waals surface area contributed by atoms with Gasteiger partial charge in [-0.1, -0.05) is 37.4 Å². The Labute approximate surface area is 101 Å². The Kier molecular flexibility index (Phi) is 2.96. The van der Waals surface area contributed by atoms with E-state index < -0.39 is 0 Å². The number of ether oxygens (including phenoxy) is 1. The summed E-state index contributed by atoms with van der Waals surface area (Å²) in [7, 11) is 0. The number of benzene rings is 1. The van der Waals surface area contributed by atoms with Gasteiger partial charge in [0.2, 0.25) is 0 Å². The van der Waals surface area contributed by atoms with Crippen LogP contribution < -0.4 is 4.74 Å². The molecule has 1 aliphatic rings. The molecule has 0 fully saturated rings. The highest BCUT2D eigenvalue weighted by Gasteiger charge is 2.29. The van der Waals surface area contributed by atoms with Gasteiger partial charge in [0, 0.05) is 11.1 Å². The minimum atomic E-state index is -0.301. The van der Waals surface area contributed by atoms with E-state index in [1.165, 1.54) is 0 Å². The average molecular weight is 226 g/mol. The molecule has 1 heterocycles. The van der Waals surface area contributed by atoms with Crippen molar-refractivity contribution in [3.63, 3.8) is 0 Å². The van der Waals surface area contributed by atoms with Crippen LogP contribution in [-0.2, 0) is 4.79 Å². The lowest BCUT2D eigenvalue weighted by atomic mass is 9.85. The summed E-state index contributed by atoms with van der Waals surface area (Å²) >= 11 is 0. The SMILES string of the molecule is C=CC1=C(C=C)C(C(C)=O)c2ccccc2O1. The van der Waals surface area contributed by atoms with E-state index in [4.69, 9.17) is 4.74 Å². The van der Waals surface area contributed by atoms with Crippen LogP contribution in [0.1, 0.15) is 18.4 Å². The number of para-hydroxylation sites is 1. The summed E-state index contributed by atoms with van der Waals surface area (Å²) in [5.74, 6) is 1.10. The van der Waals surface area contributed by atoms with Gasteiger partial charge in [0.05, 0.1) is 5.92 Å². The second kappa shape index (κ2) is 4.42. The van der Waals surface area contributed by atoms with E-state index in [1.807, 2.05) is 24.3 Å². The fourth-order valence-corrected chi connectivity index (χ4v) is 2.12. The van der Waals surface area contributed by atoms with Crippen molar-refractivity contribution in [3.05, 3.63) is 66.5 Å². The molecule has 0 aromatic heterocycles. The molecule has 0 spiro atoms. The maximum absolute atomic E-state index is 11.8. The van der Waals surface area contributed by atoms with E-state index in [1.54, 1.807) is 19.1 Å². The van der Waals surface area contributed by atoms with Gasteiger partial charge in [-0.05, 0) is 19.1 Å². The summed E-state index contributed by atoms with van der Waals surface area (Å²) in [4.78, 5) is 11.8. The Morgan fingerprint density at radius 1 is 1.29 bits per heavy atom. The molecule has 2 nitrogen and oxygen atoms in total. The maximum Gasteiger partial charge on any atom is 0.141 e. The maximum atomic E-state index is 11.8. The van der Waals surface area contributed by atoms with Crippen LogP contribution in [-0.4, -0.2) is 5.78 Å². The summed E-state index contributed by atoms with van der Waals surface area (Å²) in [5, 5.41) is 0. The molecule has 17 heavy (non-hydrogen) atoms. The van der Waals surface area contributed by atoms with Crippen molar-refractivity contribution in [2.75, 3.05) is 0 Å². The van der Waals surface area contributed by atoms with Crippen molar-refractivity contribution < 1.29 is 9.53 Å². The van der Waals surface area contributed by atoms with Gasteiger partial charge in [-0.3, -0.25) is 4.79 Å². The second-order valence-corrected chi connectivity index (χ2v) is 3.91. The molecule has 0 amide bonds. The van der Waals surface area contributed by atoms with Crippen molar-refractivity contribution in [3.8, 4) is 5.75 Å². The lowest BCUT2D eigenvalue weighted by Gasteiger charge is -2.26. The molecule has 1 aromatic rings. The largest absolute Gasteiger partial charge is 0.457 e. The Morgan fingerprint density at radius 2 is 2.00 bits per heavy atom. The molecule has 1 aliphatic heterocycles. The minimum Gasteiger partial charge on any atom is -0.457 e. The zero-order valence-electron chi connectivity index (χ0n) is 9.77. The van der Waals surface area contributed by atoms with Crippen LogP contribution in [0.3, 0.4) is 0 Å². The predicted molar refractivity (Wildman–Crippen MR) is 67.9 cm³/mol. The molecule has 2 rings (SSSR count). The molecule has 0 saturated carbocycles. The van der Waals surface area contributed by atoms with Gasteiger partial charge in [-0.2, -0.15) is 0 Å². The molecule has 1 unspecified atom stereocenters. The van der Waals surface area contributed by atoms with Crippen LogP contribution in [0.5, 0.6) is 5.75 Å². The standard InChI is InChI=1S/C15H14O2/c1-4-11-13(5-2)17-14-9-7-6-8-12(14)15(11)10(3)16/h4-9,15H,1-2H2,3H3. The Balaban J connectivity index is 2.65. The number of ketones is 1. The number of carbonyl (C=O) groups excluding carboxylic acids is 1. The fourth-order valence-electron chi connectivity index (χ4n) is 2.12. The molecule has 0 aliphatic carbocycles. The highest BCUT2D eigenvalue weighted by molar-refractivity contribution is 5.89. The van der Waals surface area contributed by atoms with Crippen LogP contribution in [0.2, 0.25) is 0 Å². The van der Waals surface area contributed by atoms with Crippen molar-refractivity contribution >= 4 is 5.78 Å². The monoisotopic (exact) mass is 226 g/mol. The smallest absolute Gasteiger partial charge is 0.141 e. The normalized spacial score (nSPS) is 18.1. The first-order valence-electron chi connectivity index (χ1n) is 5.45. The zero-order chi connectivity index (χ0) is 12.4. The summed E-state index contributed by atoms with van der Waals surface area (Å²) in [5.41, 5.74) is 1.67. The third kappa shape index (κ3) is 1.82. The van der Waals surface area contributed by atoms with E-state index in [-0.39, 0.29) is 11.7 Å². The number of hydrogen-bond donors (Lipinski definition) is 0. The number of fused-ring (bicyclic) bond motifs is 1. The molecule has 2 heteroatoms. The Hall–Kier alpha value is -2.09. The van der Waals surface area contributed by atoms with Crippen molar-refractivity contribution in [2.45, 2.75) is 12.8 Å². The van der Waals surface area contributed by atoms with Crippen LogP contribution in [0.4, 0.5) is 0 Å². The summed E-state index contributed by atoms with van der Waals surface area (Å²) in [6.45, 7) is 9.04. The zero-order valence-corrected chi connectivity index (χ0v) is 9.77. The topological polar surface area (TPSA) is 26.3 Å². The fraction of sp³-hybridized carbons (Fsp3) is 0.133. The lowest BCUT2D eigenvalue weighted by Crippen LogP contribution is -2.19. The predicted octanol–water partition coefficient (Wildman–Crippen LogP) is 3.38. The van der Waals surface area contributed by atoms with Crippen LogP contribution in [0, 0.1) is 0 Å². The number of rotatable bonds is 3. The van der Waals surface area contributed by atoms with Gasteiger partial charge < -0.3 is 4.74 Å². The van der Waals surface area contributed by atoms with E-state index in [2.05, 4.69) is 13.2 Å². The van der Waals surface area contributed by atoms with E-state index >= 15 is 0 Å². The van der Waals surface area contributed by atoms with Crippen LogP contribution >= 0.6 is 0 Å². The van der Waals surface area contributed by atoms with E-state index in [0.717, 1.165) is 11.1 Å². The molecule has 0 saturated heterocycles. The molecule has 0 bridgehead atoms. The first-order chi connectivity index (χ1) is 8.19. The molecule has 1 aromatic carbocycles. The number of carbonyl (C=O) groups is 1. The molecule has 86 valence electrons. The first-order valence-corrected chi connectivity index (χ1v) is 5.45. The minimum absolute atomic E-state index is 0.0787. The summed E-state index contributed by atoms with van der Waals surface area (Å²) in [6.07, 6.45) is 3.28. The molecule has 1 atom stereocenters. The van der Waals surface area contributed by atoms with Gasteiger partial charge in [-0.15, -0.1) is 0 Å². The number of Topliss-reactive ketones (excluding diaryl/α,β-unsaturated/α-hetero) is 1. The van der Waals surface area contributed by atoms with E-state index in [0.29, 0.717) is 11.5 Å². The van der Waals surface area contributed by atoms with Crippen molar-refractivity contribution in [2.24, 2.45) is 0 Å².